The third-order valence-corrected chi connectivity index (χ3v) is 6.07. The van der Waals surface area contributed by atoms with Crippen LogP contribution < -0.4 is 4.74 Å². The number of ether oxygens (including phenoxy) is 2. The predicted octanol–water partition coefficient (Wildman–Crippen LogP) is 5.39. The number of hydrogen-bond donors (Lipinski definition) is 0. The molecule has 0 saturated carbocycles. The number of imide groups is 1. The second-order valence-electron chi connectivity index (χ2n) is 7.97. The van der Waals surface area contributed by atoms with Crippen LogP contribution in [0.2, 0.25) is 0 Å². The summed E-state index contributed by atoms with van der Waals surface area (Å²) in [6.07, 6.45) is 1.55. The largest absolute Gasteiger partial charge is 0.497 e. The summed E-state index contributed by atoms with van der Waals surface area (Å²) >= 11 is 0. The highest BCUT2D eigenvalue weighted by molar-refractivity contribution is 6.11. The topological polar surface area (TPSA) is 60.8 Å². The number of aryl methyl sites for hydroxylation is 1. The normalized spacial score (nSPS) is 15.1. The Labute approximate surface area is 191 Å². The molecule has 6 heteroatoms. The molecule has 1 aromatic heterocycles. The molecule has 1 saturated heterocycles. The highest BCUT2D eigenvalue weighted by Gasteiger charge is 2.36. The third kappa shape index (κ3) is 3.74. The van der Waals surface area contributed by atoms with E-state index < -0.39 is 12.0 Å². The van der Waals surface area contributed by atoms with Gasteiger partial charge in [0, 0.05) is 34.9 Å². The molecular formula is C27H24N2O4. The maximum atomic E-state index is 12.9. The van der Waals surface area contributed by atoms with Gasteiger partial charge >= 0.3 is 6.09 Å². The van der Waals surface area contributed by atoms with Crippen LogP contribution in [0.5, 0.6) is 5.75 Å². The molecule has 0 bridgehead atoms. The van der Waals surface area contributed by atoms with Crippen molar-refractivity contribution in [2.75, 3.05) is 13.7 Å². The zero-order valence-corrected chi connectivity index (χ0v) is 18.6. The molecule has 0 atom stereocenters. The Kier molecular flexibility index (Phi) is 5.34. The van der Waals surface area contributed by atoms with Crippen molar-refractivity contribution in [3.63, 3.8) is 0 Å². The molecule has 0 spiro atoms. The maximum Gasteiger partial charge on any atom is 0.422 e. The van der Waals surface area contributed by atoms with E-state index in [-0.39, 0.29) is 12.3 Å². The zero-order chi connectivity index (χ0) is 22.9. The summed E-state index contributed by atoms with van der Waals surface area (Å²) < 4.78 is 12.7. The van der Waals surface area contributed by atoms with Crippen LogP contribution in [-0.4, -0.2) is 35.1 Å². The fourth-order valence-corrected chi connectivity index (χ4v) is 4.38. The second kappa shape index (κ2) is 8.47. The van der Waals surface area contributed by atoms with Gasteiger partial charge in [-0.05, 0) is 60.9 Å². The number of carbonyl (C=O) groups excluding carboxylic acids is 2. The summed E-state index contributed by atoms with van der Waals surface area (Å²) in [5.74, 6) is 0.401. The first-order valence-corrected chi connectivity index (χ1v) is 11.0. The van der Waals surface area contributed by atoms with Gasteiger partial charge in [-0.25, -0.2) is 9.69 Å². The Bertz CT molecular complexity index is 1400. The van der Waals surface area contributed by atoms with E-state index in [2.05, 4.69) is 23.6 Å². The molecule has 3 aromatic carbocycles. The molecule has 33 heavy (non-hydrogen) atoms. The number of cyclic esters (lactones) is 1. The van der Waals surface area contributed by atoms with Gasteiger partial charge in [-0.3, -0.25) is 4.79 Å². The van der Waals surface area contributed by atoms with Crippen molar-refractivity contribution in [1.29, 1.82) is 0 Å². The summed E-state index contributed by atoms with van der Waals surface area (Å²) in [4.78, 5) is 26.4. The minimum absolute atomic E-state index is 0.0494. The first-order chi connectivity index (χ1) is 16.1. The Hall–Kier alpha value is -4.06. The molecule has 4 aromatic rings. The van der Waals surface area contributed by atoms with Crippen LogP contribution in [0.1, 0.15) is 18.1 Å². The van der Waals surface area contributed by atoms with Gasteiger partial charge in [0.15, 0.2) is 5.76 Å². The van der Waals surface area contributed by atoms with Gasteiger partial charge in [0.1, 0.15) is 5.75 Å². The van der Waals surface area contributed by atoms with Gasteiger partial charge in [-0.2, -0.15) is 0 Å². The number of aromatic nitrogens is 1. The summed E-state index contributed by atoms with van der Waals surface area (Å²) in [5, 5.41) is 2.26. The quantitative estimate of drug-likeness (QED) is 0.378. The van der Waals surface area contributed by atoms with Crippen molar-refractivity contribution in [2.24, 2.45) is 0 Å². The van der Waals surface area contributed by atoms with Crippen LogP contribution in [0.4, 0.5) is 4.79 Å². The number of methoxy groups -OCH3 is 1. The van der Waals surface area contributed by atoms with Gasteiger partial charge in [-0.15, -0.1) is 0 Å². The first kappa shape index (κ1) is 20.8. The van der Waals surface area contributed by atoms with E-state index in [1.807, 2.05) is 54.6 Å². The molecule has 0 unspecified atom stereocenters. The Balaban J connectivity index is 1.39. The number of nitrogens with zero attached hydrogens (tertiary/aromatic N) is 2. The SMILES string of the molecule is CCn1c2ccccc2c2cc(C=C3OC(=O)N(CCc4ccc(OC)cc4)C3=O)ccc21. The van der Waals surface area contributed by atoms with Gasteiger partial charge in [-0.1, -0.05) is 36.4 Å². The summed E-state index contributed by atoms with van der Waals surface area (Å²) in [7, 11) is 1.61. The van der Waals surface area contributed by atoms with Crippen molar-refractivity contribution in [3.8, 4) is 5.75 Å². The standard InChI is InChI=1S/C27H24N2O4/c1-3-28-23-7-5-4-6-21(23)22-16-19(10-13-24(22)28)17-25-26(30)29(27(31)33-25)15-14-18-8-11-20(32-2)12-9-18/h4-13,16-17H,3,14-15H2,1-2H3. The second-order valence-corrected chi connectivity index (χ2v) is 7.97. The number of amides is 2. The fraction of sp³-hybridized carbons (Fsp3) is 0.185. The summed E-state index contributed by atoms with van der Waals surface area (Å²) in [6, 6.07) is 21.9. The van der Waals surface area contributed by atoms with Crippen molar-refractivity contribution < 1.29 is 19.1 Å². The minimum Gasteiger partial charge on any atom is -0.497 e. The number of para-hydroxylation sites is 1. The maximum absolute atomic E-state index is 12.9. The van der Waals surface area contributed by atoms with Crippen molar-refractivity contribution in [2.45, 2.75) is 19.9 Å². The van der Waals surface area contributed by atoms with E-state index in [1.54, 1.807) is 13.2 Å². The monoisotopic (exact) mass is 440 g/mol. The van der Waals surface area contributed by atoms with Crippen LogP contribution >= 0.6 is 0 Å². The van der Waals surface area contributed by atoms with Crippen LogP contribution in [0.3, 0.4) is 0 Å². The molecule has 6 nitrogen and oxygen atoms in total. The summed E-state index contributed by atoms with van der Waals surface area (Å²) in [5.41, 5.74) is 4.13. The molecule has 0 aliphatic carbocycles. The van der Waals surface area contributed by atoms with Crippen molar-refractivity contribution in [1.82, 2.24) is 9.47 Å². The Morgan fingerprint density at radius 2 is 1.70 bits per heavy atom. The molecule has 1 aliphatic rings. The van der Waals surface area contributed by atoms with E-state index in [1.165, 1.54) is 5.52 Å². The smallest absolute Gasteiger partial charge is 0.422 e. The van der Waals surface area contributed by atoms with Gasteiger partial charge in [0.05, 0.1) is 7.11 Å². The van der Waals surface area contributed by atoms with Gasteiger partial charge in [0.2, 0.25) is 0 Å². The molecular weight excluding hydrogens is 416 g/mol. The van der Waals surface area contributed by atoms with E-state index in [0.717, 1.165) is 44.6 Å². The molecule has 0 N–H and O–H groups in total. The number of benzene rings is 3. The third-order valence-electron chi connectivity index (χ3n) is 6.07. The lowest BCUT2D eigenvalue weighted by Gasteiger charge is -2.10. The van der Waals surface area contributed by atoms with Gasteiger partial charge in [0.25, 0.3) is 5.91 Å². The molecule has 2 heterocycles. The highest BCUT2D eigenvalue weighted by atomic mass is 16.6. The number of rotatable bonds is 6. The number of hydrogen-bond acceptors (Lipinski definition) is 4. The lowest BCUT2D eigenvalue weighted by atomic mass is 10.1. The number of fused-ring (bicyclic) bond motifs is 3. The van der Waals surface area contributed by atoms with E-state index in [9.17, 15) is 9.59 Å². The van der Waals surface area contributed by atoms with Crippen LogP contribution in [0.15, 0.2) is 72.5 Å². The van der Waals surface area contributed by atoms with E-state index >= 15 is 0 Å². The molecule has 0 radical (unpaired) electrons. The summed E-state index contributed by atoms with van der Waals surface area (Å²) in [6.45, 7) is 3.24. The van der Waals surface area contributed by atoms with Crippen LogP contribution in [0.25, 0.3) is 27.9 Å². The fourth-order valence-electron chi connectivity index (χ4n) is 4.38. The minimum atomic E-state index is -0.636. The van der Waals surface area contributed by atoms with Crippen molar-refractivity contribution in [3.05, 3.63) is 83.6 Å². The molecule has 5 rings (SSSR count). The highest BCUT2D eigenvalue weighted by Crippen LogP contribution is 2.31. The lowest BCUT2D eigenvalue weighted by Crippen LogP contribution is -2.30. The average molecular weight is 440 g/mol. The molecule has 2 amide bonds. The Morgan fingerprint density at radius 1 is 0.939 bits per heavy atom. The number of carbonyl (C=O) groups is 2. The van der Waals surface area contributed by atoms with Crippen LogP contribution in [-0.2, 0) is 22.5 Å². The first-order valence-electron chi connectivity index (χ1n) is 11.0. The molecule has 1 fully saturated rings. The van der Waals surface area contributed by atoms with E-state index in [0.29, 0.717) is 6.42 Å². The van der Waals surface area contributed by atoms with Gasteiger partial charge < -0.3 is 14.0 Å². The molecule has 1 aliphatic heterocycles. The molecule has 166 valence electrons. The lowest BCUT2D eigenvalue weighted by molar-refractivity contribution is -0.123. The predicted molar refractivity (Wildman–Crippen MR) is 128 cm³/mol. The Morgan fingerprint density at radius 3 is 2.45 bits per heavy atom. The van der Waals surface area contributed by atoms with Crippen molar-refractivity contribution >= 4 is 39.9 Å². The zero-order valence-electron chi connectivity index (χ0n) is 18.6. The van der Waals surface area contributed by atoms with Crippen LogP contribution in [0, 0.1) is 0 Å². The van der Waals surface area contributed by atoms with E-state index in [4.69, 9.17) is 9.47 Å². The average Bonchev–Trinajstić information content (AvgIpc) is 3.30.